The molecule has 3 heteroatoms. The zero-order valence-electron chi connectivity index (χ0n) is 11.0. The van der Waals surface area contributed by atoms with Gasteiger partial charge in [0.25, 0.3) is 0 Å². The van der Waals surface area contributed by atoms with Gasteiger partial charge in [-0.3, -0.25) is 0 Å². The van der Waals surface area contributed by atoms with E-state index in [9.17, 15) is 4.79 Å². The lowest BCUT2D eigenvalue weighted by Gasteiger charge is -2.20. The van der Waals surface area contributed by atoms with Crippen LogP contribution in [-0.4, -0.2) is 16.3 Å². The van der Waals surface area contributed by atoms with Gasteiger partial charge in [0, 0.05) is 17.1 Å². The first-order chi connectivity index (χ1) is 9.24. The van der Waals surface area contributed by atoms with Crippen LogP contribution in [0.3, 0.4) is 0 Å². The second-order valence-electron chi connectivity index (χ2n) is 4.98. The van der Waals surface area contributed by atoms with E-state index in [2.05, 4.69) is 23.9 Å². The maximum absolute atomic E-state index is 10.4. The normalized spacial score (nSPS) is 16.8. The number of carboxylic acids is 1. The molecule has 0 heterocycles. The molecule has 1 aromatic carbocycles. The Morgan fingerprint density at radius 2 is 1.89 bits per heavy atom. The predicted octanol–water partition coefficient (Wildman–Crippen LogP) is 4.35. The summed E-state index contributed by atoms with van der Waals surface area (Å²) in [5.41, 5.74) is 2.26. The minimum Gasteiger partial charge on any atom is -0.478 e. The standard InChI is InChI=1S/C16H20O2S/c17-16(18)11-10-13-6-8-14(9-7-13)12-19-15-4-2-1-3-5-15/h6-11,15H,1-5,12H2,(H,17,18). The van der Waals surface area contributed by atoms with Crippen LogP contribution in [-0.2, 0) is 10.5 Å². The lowest BCUT2D eigenvalue weighted by Crippen LogP contribution is -2.08. The Hall–Kier alpha value is -1.22. The third kappa shape index (κ3) is 5.11. The number of carbonyl (C=O) groups is 1. The van der Waals surface area contributed by atoms with Crippen LogP contribution in [0.25, 0.3) is 6.08 Å². The summed E-state index contributed by atoms with van der Waals surface area (Å²) >= 11 is 2.06. The second kappa shape index (κ2) is 7.39. The molecule has 1 aromatic rings. The molecule has 102 valence electrons. The van der Waals surface area contributed by atoms with E-state index < -0.39 is 5.97 Å². The average molecular weight is 276 g/mol. The molecule has 2 nitrogen and oxygen atoms in total. The average Bonchev–Trinajstić information content (AvgIpc) is 2.45. The van der Waals surface area contributed by atoms with E-state index >= 15 is 0 Å². The van der Waals surface area contributed by atoms with Crippen LogP contribution in [0.5, 0.6) is 0 Å². The molecule has 0 bridgehead atoms. The van der Waals surface area contributed by atoms with Gasteiger partial charge in [-0.05, 0) is 30.0 Å². The van der Waals surface area contributed by atoms with Crippen molar-refractivity contribution in [1.82, 2.24) is 0 Å². The van der Waals surface area contributed by atoms with E-state index in [4.69, 9.17) is 5.11 Å². The van der Waals surface area contributed by atoms with Crippen molar-refractivity contribution < 1.29 is 9.90 Å². The van der Waals surface area contributed by atoms with Gasteiger partial charge in [0.15, 0.2) is 0 Å². The molecule has 1 N–H and O–H groups in total. The molecule has 1 saturated carbocycles. The molecule has 2 rings (SSSR count). The number of hydrogen-bond acceptors (Lipinski definition) is 2. The van der Waals surface area contributed by atoms with E-state index in [1.165, 1.54) is 43.7 Å². The highest BCUT2D eigenvalue weighted by Gasteiger charge is 2.13. The fourth-order valence-electron chi connectivity index (χ4n) is 2.34. The topological polar surface area (TPSA) is 37.3 Å². The van der Waals surface area contributed by atoms with Gasteiger partial charge in [-0.1, -0.05) is 43.5 Å². The molecular formula is C16H20O2S. The Bertz CT molecular complexity index is 431. The van der Waals surface area contributed by atoms with E-state index in [1.54, 1.807) is 6.08 Å². The van der Waals surface area contributed by atoms with E-state index in [0.29, 0.717) is 0 Å². The van der Waals surface area contributed by atoms with Gasteiger partial charge >= 0.3 is 5.97 Å². The third-order valence-corrected chi connectivity index (χ3v) is 4.88. The minimum absolute atomic E-state index is 0.834. The number of thioether (sulfide) groups is 1. The van der Waals surface area contributed by atoms with Crippen molar-refractivity contribution in [2.45, 2.75) is 43.1 Å². The van der Waals surface area contributed by atoms with Crippen LogP contribution < -0.4 is 0 Å². The monoisotopic (exact) mass is 276 g/mol. The van der Waals surface area contributed by atoms with Gasteiger partial charge < -0.3 is 5.11 Å². The Balaban J connectivity index is 1.82. The molecule has 0 aliphatic heterocycles. The summed E-state index contributed by atoms with van der Waals surface area (Å²) in [6.07, 6.45) is 9.70. The predicted molar refractivity (Wildman–Crippen MR) is 81.3 cm³/mol. The molecule has 0 unspecified atom stereocenters. The summed E-state index contributed by atoms with van der Waals surface area (Å²) in [5.74, 6) is 0.157. The molecule has 0 saturated heterocycles. The molecule has 19 heavy (non-hydrogen) atoms. The second-order valence-corrected chi connectivity index (χ2v) is 6.27. The van der Waals surface area contributed by atoms with Gasteiger partial charge in [0.1, 0.15) is 0 Å². The fourth-order valence-corrected chi connectivity index (χ4v) is 3.63. The summed E-state index contributed by atoms with van der Waals surface area (Å²) in [4.78, 5) is 10.4. The molecule has 0 radical (unpaired) electrons. The maximum Gasteiger partial charge on any atom is 0.328 e. The largest absolute Gasteiger partial charge is 0.478 e. The quantitative estimate of drug-likeness (QED) is 0.812. The molecular weight excluding hydrogens is 256 g/mol. The zero-order valence-corrected chi connectivity index (χ0v) is 11.9. The van der Waals surface area contributed by atoms with Crippen molar-refractivity contribution in [3.05, 3.63) is 41.5 Å². The molecule has 0 spiro atoms. The van der Waals surface area contributed by atoms with E-state index in [0.717, 1.165) is 16.6 Å². The number of benzene rings is 1. The number of aliphatic carboxylic acids is 1. The first-order valence-electron chi connectivity index (χ1n) is 6.85. The van der Waals surface area contributed by atoms with E-state index in [1.807, 2.05) is 12.1 Å². The van der Waals surface area contributed by atoms with Crippen molar-refractivity contribution in [3.8, 4) is 0 Å². The van der Waals surface area contributed by atoms with Crippen molar-refractivity contribution in [3.63, 3.8) is 0 Å². The Morgan fingerprint density at radius 1 is 1.21 bits per heavy atom. The van der Waals surface area contributed by atoms with Crippen LogP contribution in [0.1, 0.15) is 43.2 Å². The molecule has 1 aliphatic carbocycles. The first kappa shape index (κ1) is 14.2. The van der Waals surface area contributed by atoms with Crippen molar-refractivity contribution in [2.24, 2.45) is 0 Å². The fraction of sp³-hybridized carbons (Fsp3) is 0.438. The smallest absolute Gasteiger partial charge is 0.328 e. The summed E-state index contributed by atoms with van der Waals surface area (Å²) in [5, 5.41) is 9.40. The lowest BCUT2D eigenvalue weighted by molar-refractivity contribution is -0.131. The van der Waals surface area contributed by atoms with Crippen molar-refractivity contribution in [1.29, 1.82) is 0 Å². The van der Waals surface area contributed by atoms with Gasteiger partial charge in [0.2, 0.25) is 0 Å². The Morgan fingerprint density at radius 3 is 2.53 bits per heavy atom. The highest BCUT2D eigenvalue weighted by Crippen LogP contribution is 2.30. The highest BCUT2D eigenvalue weighted by atomic mass is 32.2. The number of rotatable bonds is 5. The van der Waals surface area contributed by atoms with Gasteiger partial charge in [-0.25, -0.2) is 4.79 Å². The van der Waals surface area contributed by atoms with Crippen molar-refractivity contribution in [2.75, 3.05) is 0 Å². The summed E-state index contributed by atoms with van der Waals surface area (Å²) in [6, 6.07) is 8.15. The minimum atomic E-state index is -0.906. The van der Waals surface area contributed by atoms with Crippen LogP contribution in [0, 0.1) is 0 Å². The Labute approximate surface area is 118 Å². The third-order valence-electron chi connectivity index (χ3n) is 3.44. The van der Waals surface area contributed by atoms with Crippen LogP contribution in [0.15, 0.2) is 30.3 Å². The molecule has 0 aromatic heterocycles. The number of hydrogen-bond donors (Lipinski definition) is 1. The van der Waals surface area contributed by atoms with Crippen LogP contribution >= 0.6 is 11.8 Å². The summed E-state index contributed by atoms with van der Waals surface area (Å²) in [6.45, 7) is 0. The summed E-state index contributed by atoms with van der Waals surface area (Å²) in [7, 11) is 0. The van der Waals surface area contributed by atoms with Gasteiger partial charge in [-0.15, -0.1) is 0 Å². The van der Waals surface area contributed by atoms with Gasteiger partial charge in [0.05, 0.1) is 0 Å². The molecule has 0 atom stereocenters. The van der Waals surface area contributed by atoms with Crippen LogP contribution in [0.4, 0.5) is 0 Å². The molecule has 0 amide bonds. The Kier molecular flexibility index (Phi) is 5.52. The lowest BCUT2D eigenvalue weighted by atomic mass is 10.0. The summed E-state index contributed by atoms with van der Waals surface area (Å²) < 4.78 is 0. The highest BCUT2D eigenvalue weighted by molar-refractivity contribution is 7.99. The number of carboxylic acid groups (broad SMARTS) is 1. The first-order valence-corrected chi connectivity index (χ1v) is 7.90. The van der Waals surface area contributed by atoms with Gasteiger partial charge in [-0.2, -0.15) is 11.8 Å². The SMILES string of the molecule is O=C(O)C=Cc1ccc(CSC2CCCCC2)cc1. The maximum atomic E-state index is 10.4. The van der Waals surface area contributed by atoms with E-state index in [-0.39, 0.29) is 0 Å². The molecule has 1 aliphatic rings. The van der Waals surface area contributed by atoms with Crippen LogP contribution in [0.2, 0.25) is 0 Å². The molecule has 1 fully saturated rings. The zero-order chi connectivity index (χ0) is 13.5. The van der Waals surface area contributed by atoms with Crippen molar-refractivity contribution >= 4 is 23.8 Å².